The molecule has 0 radical (unpaired) electrons. The molecule has 1 aliphatic rings. The Morgan fingerprint density at radius 1 is 1.31 bits per heavy atom. The maximum Gasteiger partial charge on any atom is 0.0707 e. The number of rotatable bonds is 5. The molecule has 1 fully saturated rings. The van der Waals surface area contributed by atoms with Gasteiger partial charge in [-0.3, -0.25) is 0 Å². The third-order valence-electron chi connectivity index (χ3n) is 3.75. The van der Waals surface area contributed by atoms with Crippen LogP contribution in [0.25, 0.3) is 0 Å². The van der Waals surface area contributed by atoms with Crippen molar-refractivity contribution in [3.05, 3.63) is 0 Å². The van der Waals surface area contributed by atoms with E-state index < -0.39 is 0 Å². The van der Waals surface area contributed by atoms with Crippen molar-refractivity contribution in [2.75, 3.05) is 13.2 Å². The average Bonchev–Trinajstić information content (AvgIpc) is 2.19. The van der Waals surface area contributed by atoms with Crippen molar-refractivity contribution < 1.29 is 9.47 Å². The van der Waals surface area contributed by atoms with Crippen LogP contribution in [0.3, 0.4) is 0 Å². The molecule has 3 atom stereocenters. The lowest BCUT2D eigenvalue weighted by atomic mass is 9.62. The second kappa shape index (κ2) is 5.03. The van der Waals surface area contributed by atoms with Crippen LogP contribution >= 0.6 is 0 Å². The standard InChI is InChI=1S/C13H27NO2/c1-6-13(5)10(14)9-11(13)15-7-8-16-12(2,3)4/h10-11H,6-9,14H2,1-5H3. The van der Waals surface area contributed by atoms with E-state index in [0.717, 1.165) is 12.8 Å². The van der Waals surface area contributed by atoms with Gasteiger partial charge in [0.2, 0.25) is 0 Å². The molecule has 96 valence electrons. The molecular weight excluding hydrogens is 202 g/mol. The van der Waals surface area contributed by atoms with Crippen LogP contribution in [0.4, 0.5) is 0 Å². The molecule has 0 aromatic carbocycles. The van der Waals surface area contributed by atoms with E-state index in [1.165, 1.54) is 0 Å². The second-order valence-electron chi connectivity index (χ2n) is 6.02. The van der Waals surface area contributed by atoms with E-state index in [1.807, 2.05) is 0 Å². The van der Waals surface area contributed by atoms with Gasteiger partial charge in [0.05, 0.1) is 24.9 Å². The Hall–Kier alpha value is -0.120. The summed E-state index contributed by atoms with van der Waals surface area (Å²) < 4.78 is 11.5. The Morgan fingerprint density at radius 2 is 1.94 bits per heavy atom. The van der Waals surface area contributed by atoms with E-state index in [9.17, 15) is 0 Å². The van der Waals surface area contributed by atoms with Gasteiger partial charge in [0.15, 0.2) is 0 Å². The van der Waals surface area contributed by atoms with Crippen molar-refractivity contribution in [2.24, 2.45) is 11.1 Å². The number of ether oxygens (including phenoxy) is 2. The second-order valence-corrected chi connectivity index (χ2v) is 6.02. The van der Waals surface area contributed by atoms with Gasteiger partial charge in [0.25, 0.3) is 0 Å². The molecule has 3 nitrogen and oxygen atoms in total. The van der Waals surface area contributed by atoms with Gasteiger partial charge in [-0.05, 0) is 33.6 Å². The Kier molecular flexibility index (Phi) is 4.38. The lowest BCUT2D eigenvalue weighted by Gasteiger charge is -2.51. The van der Waals surface area contributed by atoms with Crippen molar-refractivity contribution in [1.29, 1.82) is 0 Å². The summed E-state index contributed by atoms with van der Waals surface area (Å²) in [6.45, 7) is 11.9. The summed E-state index contributed by atoms with van der Waals surface area (Å²) in [7, 11) is 0. The maximum absolute atomic E-state index is 6.02. The molecule has 0 saturated heterocycles. The minimum atomic E-state index is -0.0760. The molecule has 0 spiro atoms. The zero-order valence-electron chi connectivity index (χ0n) is 11.4. The summed E-state index contributed by atoms with van der Waals surface area (Å²) in [4.78, 5) is 0. The Morgan fingerprint density at radius 3 is 2.38 bits per heavy atom. The van der Waals surface area contributed by atoms with Crippen molar-refractivity contribution >= 4 is 0 Å². The van der Waals surface area contributed by atoms with Gasteiger partial charge in [0, 0.05) is 11.5 Å². The fraction of sp³-hybridized carbons (Fsp3) is 1.00. The molecule has 1 aliphatic carbocycles. The molecule has 1 saturated carbocycles. The molecule has 1 rings (SSSR count). The highest BCUT2D eigenvalue weighted by atomic mass is 16.5. The first-order chi connectivity index (χ1) is 7.29. The predicted molar refractivity (Wildman–Crippen MR) is 66.4 cm³/mol. The summed E-state index contributed by atoms with van der Waals surface area (Å²) in [5.41, 5.74) is 6.11. The van der Waals surface area contributed by atoms with Gasteiger partial charge in [0.1, 0.15) is 0 Å². The smallest absolute Gasteiger partial charge is 0.0707 e. The summed E-state index contributed by atoms with van der Waals surface area (Å²) >= 11 is 0. The van der Waals surface area contributed by atoms with Crippen LogP contribution in [0.15, 0.2) is 0 Å². The highest BCUT2D eigenvalue weighted by Gasteiger charge is 2.49. The highest BCUT2D eigenvalue weighted by Crippen LogP contribution is 2.44. The van der Waals surface area contributed by atoms with E-state index in [4.69, 9.17) is 15.2 Å². The molecule has 0 aromatic heterocycles. The Balaban J connectivity index is 2.20. The number of hydrogen-bond acceptors (Lipinski definition) is 3. The van der Waals surface area contributed by atoms with Crippen LogP contribution in [0.5, 0.6) is 0 Å². The monoisotopic (exact) mass is 229 g/mol. The Labute approximate surface area is 99.7 Å². The maximum atomic E-state index is 6.02. The first-order valence-corrected chi connectivity index (χ1v) is 6.31. The predicted octanol–water partition coefficient (Wildman–Crippen LogP) is 2.33. The first-order valence-electron chi connectivity index (χ1n) is 6.31. The molecule has 16 heavy (non-hydrogen) atoms. The fourth-order valence-corrected chi connectivity index (χ4v) is 2.13. The minimum Gasteiger partial charge on any atom is -0.375 e. The lowest BCUT2D eigenvalue weighted by Crippen LogP contribution is -2.60. The van der Waals surface area contributed by atoms with Gasteiger partial charge in [-0.1, -0.05) is 13.8 Å². The van der Waals surface area contributed by atoms with Gasteiger partial charge >= 0.3 is 0 Å². The van der Waals surface area contributed by atoms with E-state index in [-0.39, 0.29) is 11.0 Å². The molecule has 0 aliphatic heterocycles. The van der Waals surface area contributed by atoms with Crippen LogP contribution in [0, 0.1) is 5.41 Å². The first kappa shape index (κ1) is 13.9. The summed E-state index contributed by atoms with van der Waals surface area (Å²) in [5, 5.41) is 0. The van der Waals surface area contributed by atoms with E-state index in [1.54, 1.807) is 0 Å². The molecule has 2 N–H and O–H groups in total. The molecule has 0 bridgehead atoms. The quantitative estimate of drug-likeness (QED) is 0.736. The molecule has 0 amide bonds. The molecule has 3 heteroatoms. The molecule has 0 aromatic rings. The van der Waals surface area contributed by atoms with Crippen LogP contribution < -0.4 is 5.73 Å². The van der Waals surface area contributed by atoms with Crippen LogP contribution in [-0.4, -0.2) is 31.0 Å². The fourth-order valence-electron chi connectivity index (χ4n) is 2.13. The van der Waals surface area contributed by atoms with Crippen LogP contribution in [0.2, 0.25) is 0 Å². The molecular formula is C13H27NO2. The van der Waals surface area contributed by atoms with Crippen molar-refractivity contribution in [2.45, 2.75) is 65.2 Å². The summed E-state index contributed by atoms with van der Waals surface area (Å²) in [6.07, 6.45) is 2.38. The topological polar surface area (TPSA) is 44.5 Å². The number of nitrogens with two attached hydrogens (primary N) is 1. The summed E-state index contributed by atoms with van der Waals surface area (Å²) in [5.74, 6) is 0. The van der Waals surface area contributed by atoms with Gasteiger partial charge < -0.3 is 15.2 Å². The van der Waals surface area contributed by atoms with Crippen molar-refractivity contribution in [3.63, 3.8) is 0 Å². The van der Waals surface area contributed by atoms with E-state index in [2.05, 4.69) is 34.6 Å². The van der Waals surface area contributed by atoms with Gasteiger partial charge in [-0.2, -0.15) is 0 Å². The van der Waals surface area contributed by atoms with Crippen molar-refractivity contribution in [1.82, 2.24) is 0 Å². The molecule has 3 unspecified atom stereocenters. The molecule has 0 heterocycles. The zero-order valence-corrected chi connectivity index (χ0v) is 11.4. The largest absolute Gasteiger partial charge is 0.375 e. The minimum absolute atomic E-state index is 0.0760. The SMILES string of the molecule is CCC1(C)C(N)CC1OCCOC(C)(C)C. The van der Waals surface area contributed by atoms with Gasteiger partial charge in [-0.25, -0.2) is 0 Å². The normalized spacial score (nSPS) is 34.9. The highest BCUT2D eigenvalue weighted by molar-refractivity contribution is 5.02. The van der Waals surface area contributed by atoms with E-state index >= 15 is 0 Å². The number of hydrogen-bond donors (Lipinski definition) is 1. The third kappa shape index (κ3) is 3.19. The Bertz CT molecular complexity index is 224. The average molecular weight is 229 g/mol. The van der Waals surface area contributed by atoms with Crippen LogP contribution in [-0.2, 0) is 9.47 Å². The van der Waals surface area contributed by atoms with Gasteiger partial charge in [-0.15, -0.1) is 0 Å². The summed E-state index contributed by atoms with van der Waals surface area (Å²) in [6, 6.07) is 0.297. The lowest BCUT2D eigenvalue weighted by molar-refractivity contribution is -0.137. The zero-order chi connectivity index (χ0) is 12.4. The third-order valence-corrected chi connectivity index (χ3v) is 3.75. The van der Waals surface area contributed by atoms with E-state index in [0.29, 0.717) is 25.4 Å². The van der Waals surface area contributed by atoms with Crippen LogP contribution in [0.1, 0.15) is 47.5 Å². The van der Waals surface area contributed by atoms with Crippen molar-refractivity contribution in [3.8, 4) is 0 Å².